The van der Waals surface area contributed by atoms with Gasteiger partial charge in [-0.15, -0.1) is 0 Å². The van der Waals surface area contributed by atoms with E-state index in [4.69, 9.17) is 0 Å². The lowest BCUT2D eigenvalue weighted by Gasteiger charge is -2.34. The molecule has 3 aromatic rings. The Hall–Kier alpha value is -2.86. The van der Waals surface area contributed by atoms with Gasteiger partial charge in [0.2, 0.25) is 5.95 Å². The minimum absolute atomic E-state index is 0.208. The molecule has 3 aromatic heterocycles. The van der Waals surface area contributed by atoms with Crippen molar-refractivity contribution in [2.45, 2.75) is 18.9 Å². The van der Waals surface area contributed by atoms with E-state index in [-0.39, 0.29) is 5.92 Å². The van der Waals surface area contributed by atoms with Gasteiger partial charge in [0, 0.05) is 31.7 Å². The summed E-state index contributed by atoms with van der Waals surface area (Å²) in [6, 6.07) is 13.3. The first-order valence-electron chi connectivity index (χ1n) is 8.89. The highest BCUT2D eigenvalue weighted by molar-refractivity contribution is 5.55. The zero-order valence-electron chi connectivity index (χ0n) is 14.4. The maximum Gasteiger partial charge on any atom is 0.225 e. The molecule has 0 bridgehead atoms. The predicted octanol–water partition coefficient (Wildman–Crippen LogP) is 2.88. The molecule has 132 valence electrons. The summed E-state index contributed by atoms with van der Waals surface area (Å²) in [5, 5.41) is 10.6. The SMILES string of the molecule is O[C@@H](c1ccccn1)C1CCN(c2nccc(-c3ccccn3)n2)CC1. The van der Waals surface area contributed by atoms with E-state index >= 15 is 0 Å². The molecule has 1 aliphatic rings. The summed E-state index contributed by atoms with van der Waals surface area (Å²) in [6.45, 7) is 1.64. The number of nitrogens with zero attached hydrogens (tertiary/aromatic N) is 5. The normalized spacial score (nSPS) is 16.4. The molecule has 1 N–H and O–H groups in total. The van der Waals surface area contributed by atoms with Crippen LogP contribution in [0.2, 0.25) is 0 Å². The number of hydrogen-bond acceptors (Lipinski definition) is 6. The van der Waals surface area contributed by atoms with Crippen LogP contribution in [0.15, 0.2) is 61.1 Å². The molecule has 0 radical (unpaired) electrons. The van der Waals surface area contributed by atoms with Gasteiger partial charge in [0.05, 0.1) is 23.2 Å². The highest BCUT2D eigenvalue weighted by Gasteiger charge is 2.28. The molecule has 4 rings (SSSR count). The lowest BCUT2D eigenvalue weighted by atomic mass is 9.89. The summed E-state index contributed by atoms with van der Waals surface area (Å²) >= 11 is 0. The van der Waals surface area contributed by atoms with Crippen molar-refractivity contribution in [3.8, 4) is 11.4 Å². The molecule has 1 fully saturated rings. The maximum atomic E-state index is 10.6. The fourth-order valence-electron chi connectivity index (χ4n) is 3.37. The van der Waals surface area contributed by atoms with Crippen molar-refractivity contribution in [2.24, 2.45) is 5.92 Å². The third kappa shape index (κ3) is 3.55. The lowest BCUT2D eigenvalue weighted by molar-refractivity contribution is 0.0889. The molecule has 6 heteroatoms. The number of anilines is 1. The van der Waals surface area contributed by atoms with Gasteiger partial charge in [-0.3, -0.25) is 9.97 Å². The Morgan fingerprint density at radius 1 is 0.846 bits per heavy atom. The Bertz CT molecular complexity index is 835. The van der Waals surface area contributed by atoms with E-state index in [1.807, 2.05) is 42.5 Å². The van der Waals surface area contributed by atoms with Crippen molar-refractivity contribution in [1.82, 2.24) is 19.9 Å². The van der Waals surface area contributed by atoms with Gasteiger partial charge in [0.15, 0.2) is 0 Å². The Kier molecular flexibility index (Phi) is 4.84. The summed E-state index contributed by atoms with van der Waals surface area (Å²) in [5.74, 6) is 0.930. The van der Waals surface area contributed by atoms with Crippen LogP contribution in [0, 0.1) is 5.92 Å². The predicted molar refractivity (Wildman–Crippen MR) is 99.4 cm³/mol. The van der Waals surface area contributed by atoms with E-state index in [0.29, 0.717) is 0 Å². The second-order valence-corrected chi connectivity index (χ2v) is 6.48. The standard InChI is InChI=1S/C20H21N5O/c26-19(18-6-2-4-11-22-18)15-8-13-25(14-9-15)20-23-12-7-17(24-20)16-5-1-3-10-21-16/h1-7,10-12,15,19,26H,8-9,13-14H2/t19-/m1/s1. The quantitative estimate of drug-likeness (QED) is 0.782. The number of rotatable bonds is 4. The summed E-state index contributed by atoms with van der Waals surface area (Å²) in [5.41, 5.74) is 2.42. The van der Waals surface area contributed by atoms with E-state index in [2.05, 4.69) is 24.8 Å². The Morgan fingerprint density at radius 3 is 2.31 bits per heavy atom. The van der Waals surface area contributed by atoms with Crippen molar-refractivity contribution in [3.63, 3.8) is 0 Å². The third-order valence-electron chi connectivity index (χ3n) is 4.83. The van der Waals surface area contributed by atoms with E-state index in [1.54, 1.807) is 18.6 Å². The van der Waals surface area contributed by atoms with Crippen LogP contribution >= 0.6 is 0 Å². The van der Waals surface area contributed by atoms with Crippen LogP contribution in [0.3, 0.4) is 0 Å². The third-order valence-corrected chi connectivity index (χ3v) is 4.83. The number of aliphatic hydroxyl groups excluding tert-OH is 1. The Morgan fingerprint density at radius 2 is 1.62 bits per heavy atom. The molecule has 0 aromatic carbocycles. The number of aromatic nitrogens is 4. The molecule has 0 aliphatic carbocycles. The van der Waals surface area contributed by atoms with Crippen LogP contribution in [-0.4, -0.2) is 38.1 Å². The first kappa shape index (κ1) is 16.6. The van der Waals surface area contributed by atoms with Crippen molar-refractivity contribution in [3.05, 3.63) is 66.7 Å². The van der Waals surface area contributed by atoms with E-state index in [1.165, 1.54) is 0 Å². The fraction of sp³-hybridized carbons (Fsp3) is 0.300. The summed E-state index contributed by atoms with van der Waals surface area (Å²) in [7, 11) is 0. The molecule has 0 unspecified atom stereocenters. The van der Waals surface area contributed by atoms with Crippen molar-refractivity contribution in [1.29, 1.82) is 0 Å². The molecule has 0 saturated carbocycles. The van der Waals surface area contributed by atoms with Gasteiger partial charge in [0.25, 0.3) is 0 Å². The Balaban J connectivity index is 1.44. The van der Waals surface area contributed by atoms with Crippen LogP contribution in [0.25, 0.3) is 11.4 Å². The number of piperidine rings is 1. The summed E-state index contributed by atoms with van der Waals surface area (Å²) in [4.78, 5) is 19.9. The maximum absolute atomic E-state index is 10.6. The average molecular weight is 347 g/mol. The van der Waals surface area contributed by atoms with Gasteiger partial charge in [0.1, 0.15) is 0 Å². The van der Waals surface area contributed by atoms with Gasteiger partial charge in [-0.05, 0) is 49.1 Å². The second-order valence-electron chi connectivity index (χ2n) is 6.48. The number of hydrogen-bond donors (Lipinski definition) is 1. The molecule has 1 aliphatic heterocycles. The van der Waals surface area contributed by atoms with E-state index < -0.39 is 6.10 Å². The van der Waals surface area contributed by atoms with Crippen LogP contribution < -0.4 is 4.90 Å². The first-order valence-corrected chi connectivity index (χ1v) is 8.89. The smallest absolute Gasteiger partial charge is 0.225 e. The van der Waals surface area contributed by atoms with Gasteiger partial charge in [-0.1, -0.05) is 12.1 Å². The first-order chi connectivity index (χ1) is 12.8. The minimum Gasteiger partial charge on any atom is -0.387 e. The van der Waals surface area contributed by atoms with E-state index in [9.17, 15) is 5.11 Å². The largest absolute Gasteiger partial charge is 0.387 e. The Labute approximate surface area is 152 Å². The van der Waals surface area contributed by atoms with Gasteiger partial charge < -0.3 is 10.0 Å². The molecule has 0 amide bonds. The van der Waals surface area contributed by atoms with Crippen molar-refractivity contribution in [2.75, 3.05) is 18.0 Å². The average Bonchev–Trinajstić information content (AvgIpc) is 2.75. The van der Waals surface area contributed by atoms with Crippen LogP contribution in [-0.2, 0) is 0 Å². The molecule has 0 spiro atoms. The molecular weight excluding hydrogens is 326 g/mol. The van der Waals surface area contributed by atoms with Crippen LogP contribution in [0.5, 0.6) is 0 Å². The molecule has 6 nitrogen and oxygen atoms in total. The summed E-state index contributed by atoms with van der Waals surface area (Å²) < 4.78 is 0. The van der Waals surface area contributed by atoms with Crippen molar-refractivity contribution >= 4 is 5.95 Å². The van der Waals surface area contributed by atoms with Gasteiger partial charge >= 0.3 is 0 Å². The van der Waals surface area contributed by atoms with Crippen LogP contribution in [0.1, 0.15) is 24.6 Å². The lowest BCUT2D eigenvalue weighted by Crippen LogP contribution is -2.36. The monoisotopic (exact) mass is 347 g/mol. The zero-order chi connectivity index (χ0) is 17.8. The van der Waals surface area contributed by atoms with E-state index in [0.717, 1.165) is 49.0 Å². The second kappa shape index (κ2) is 7.58. The van der Waals surface area contributed by atoms with Crippen molar-refractivity contribution < 1.29 is 5.11 Å². The topological polar surface area (TPSA) is 75.0 Å². The summed E-state index contributed by atoms with van der Waals surface area (Å²) in [6.07, 6.45) is 6.52. The minimum atomic E-state index is -0.515. The van der Waals surface area contributed by atoms with Crippen LogP contribution in [0.4, 0.5) is 5.95 Å². The van der Waals surface area contributed by atoms with Gasteiger partial charge in [-0.25, -0.2) is 9.97 Å². The number of pyridine rings is 2. The molecule has 1 saturated heterocycles. The molecule has 26 heavy (non-hydrogen) atoms. The molecule has 1 atom stereocenters. The molecule has 4 heterocycles. The highest BCUT2D eigenvalue weighted by Crippen LogP contribution is 2.31. The fourth-order valence-corrected chi connectivity index (χ4v) is 3.37. The zero-order valence-corrected chi connectivity index (χ0v) is 14.4. The molecular formula is C20H21N5O. The highest BCUT2D eigenvalue weighted by atomic mass is 16.3. The van der Waals surface area contributed by atoms with Gasteiger partial charge in [-0.2, -0.15) is 0 Å². The number of aliphatic hydroxyl groups is 1.